The minimum atomic E-state index is -1.01. The largest absolute Gasteiger partial charge is 0.393 e. The van der Waals surface area contributed by atoms with Gasteiger partial charge in [0, 0.05) is 16.8 Å². The number of hydrogen-bond donors (Lipinski definition) is 3. The fourth-order valence-corrected chi connectivity index (χ4v) is 1.78. The molecule has 0 aliphatic carbocycles. The lowest BCUT2D eigenvalue weighted by atomic mass is 10.1. The Balaban J connectivity index is 2.22. The number of aliphatic hydroxyl groups is 2. The van der Waals surface area contributed by atoms with Gasteiger partial charge in [0.15, 0.2) is 0 Å². The van der Waals surface area contributed by atoms with E-state index in [1.165, 1.54) is 0 Å². The zero-order chi connectivity index (χ0) is 13.7. The lowest BCUT2D eigenvalue weighted by Crippen LogP contribution is -2.15. The van der Waals surface area contributed by atoms with Crippen molar-refractivity contribution in [2.75, 3.05) is 11.9 Å². The maximum Gasteiger partial charge on any atom is 0.255 e. The van der Waals surface area contributed by atoms with Crippen molar-refractivity contribution in [2.24, 2.45) is 0 Å². The molecule has 2 aromatic rings. The summed E-state index contributed by atoms with van der Waals surface area (Å²) in [7, 11) is 0. The van der Waals surface area contributed by atoms with Crippen molar-refractivity contribution in [2.45, 2.75) is 6.10 Å². The molecule has 0 bridgehead atoms. The van der Waals surface area contributed by atoms with Crippen LogP contribution in [0.2, 0.25) is 0 Å². The molecule has 0 aliphatic heterocycles. The molecule has 1 amide bonds. The van der Waals surface area contributed by atoms with Crippen LogP contribution >= 0.6 is 0 Å². The monoisotopic (exact) mass is 257 g/mol. The Kier molecular flexibility index (Phi) is 4.28. The highest BCUT2D eigenvalue weighted by atomic mass is 16.3. The van der Waals surface area contributed by atoms with Crippen LogP contribution in [0.5, 0.6) is 0 Å². The normalized spacial score (nSPS) is 11.9. The molecule has 4 nitrogen and oxygen atoms in total. The Hall–Kier alpha value is -2.17. The molecule has 0 fully saturated rings. The number of hydrogen-bond acceptors (Lipinski definition) is 3. The van der Waals surface area contributed by atoms with E-state index >= 15 is 0 Å². The van der Waals surface area contributed by atoms with Gasteiger partial charge in [-0.05, 0) is 18.2 Å². The zero-order valence-electron chi connectivity index (χ0n) is 10.3. The summed E-state index contributed by atoms with van der Waals surface area (Å²) < 4.78 is 0. The van der Waals surface area contributed by atoms with Crippen LogP contribution in [0.15, 0.2) is 54.6 Å². The number of carbonyl (C=O) groups excluding carboxylic acids is 1. The molecule has 0 unspecified atom stereocenters. The van der Waals surface area contributed by atoms with E-state index in [-0.39, 0.29) is 5.91 Å². The predicted octanol–water partition coefficient (Wildman–Crippen LogP) is 1.96. The topological polar surface area (TPSA) is 69.6 Å². The highest BCUT2D eigenvalue weighted by Crippen LogP contribution is 2.22. The Bertz CT molecular complexity index is 554. The number of carbonyl (C=O) groups is 1. The first-order valence-electron chi connectivity index (χ1n) is 5.96. The van der Waals surface area contributed by atoms with E-state index in [0.29, 0.717) is 16.8 Å². The van der Waals surface area contributed by atoms with E-state index in [2.05, 4.69) is 5.32 Å². The van der Waals surface area contributed by atoms with E-state index in [9.17, 15) is 9.90 Å². The van der Waals surface area contributed by atoms with Gasteiger partial charge < -0.3 is 15.5 Å². The van der Waals surface area contributed by atoms with Crippen molar-refractivity contribution >= 4 is 11.6 Å². The van der Waals surface area contributed by atoms with Crippen molar-refractivity contribution < 1.29 is 15.0 Å². The second-order valence-corrected chi connectivity index (χ2v) is 4.11. The Morgan fingerprint density at radius 3 is 2.37 bits per heavy atom. The molecular formula is C15H15NO3. The Morgan fingerprint density at radius 1 is 1.05 bits per heavy atom. The molecule has 0 aliphatic rings. The van der Waals surface area contributed by atoms with Gasteiger partial charge in [0.2, 0.25) is 0 Å². The predicted molar refractivity (Wildman–Crippen MR) is 72.9 cm³/mol. The summed E-state index contributed by atoms with van der Waals surface area (Å²) in [5.41, 5.74) is 1.53. The molecule has 0 saturated heterocycles. The summed E-state index contributed by atoms with van der Waals surface area (Å²) in [6, 6.07) is 15.7. The molecular weight excluding hydrogens is 242 g/mol. The van der Waals surface area contributed by atoms with Gasteiger partial charge in [-0.1, -0.05) is 36.4 Å². The van der Waals surface area contributed by atoms with Gasteiger partial charge in [0.05, 0.1) is 6.61 Å². The number of aliphatic hydroxyl groups excluding tert-OH is 2. The number of anilines is 1. The van der Waals surface area contributed by atoms with Crippen molar-refractivity contribution in [3.05, 3.63) is 65.7 Å². The third kappa shape index (κ3) is 3.19. The first-order chi connectivity index (χ1) is 9.22. The van der Waals surface area contributed by atoms with Gasteiger partial charge in [-0.3, -0.25) is 4.79 Å². The number of amides is 1. The summed E-state index contributed by atoms with van der Waals surface area (Å²) in [5, 5.41) is 21.4. The lowest BCUT2D eigenvalue weighted by molar-refractivity contribution is 0.0956. The summed E-state index contributed by atoms with van der Waals surface area (Å²) >= 11 is 0. The number of rotatable bonds is 4. The first kappa shape index (κ1) is 13.3. The molecule has 98 valence electrons. The number of nitrogens with one attached hydrogen (secondary N) is 1. The number of para-hydroxylation sites is 1. The summed E-state index contributed by atoms with van der Waals surface area (Å²) in [6.45, 7) is -0.391. The quantitative estimate of drug-likeness (QED) is 0.784. The van der Waals surface area contributed by atoms with Crippen LogP contribution in [0.4, 0.5) is 5.69 Å². The minimum Gasteiger partial charge on any atom is -0.393 e. The molecule has 19 heavy (non-hydrogen) atoms. The summed E-state index contributed by atoms with van der Waals surface area (Å²) in [5.74, 6) is -0.252. The fraction of sp³-hybridized carbons (Fsp3) is 0.133. The van der Waals surface area contributed by atoms with Crippen LogP contribution in [0, 0.1) is 0 Å². The molecule has 0 aromatic heterocycles. The van der Waals surface area contributed by atoms with Crippen LogP contribution in [0.25, 0.3) is 0 Å². The average molecular weight is 257 g/mol. The molecule has 4 heteroatoms. The van der Waals surface area contributed by atoms with E-state index in [0.717, 1.165) is 0 Å². The van der Waals surface area contributed by atoms with Gasteiger partial charge in [-0.25, -0.2) is 0 Å². The van der Waals surface area contributed by atoms with Crippen molar-refractivity contribution in [1.29, 1.82) is 0 Å². The van der Waals surface area contributed by atoms with Crippen molar-refractivity contribution in [1.82, 2.24) is 0 Å². The van der Waals surface area contributed by atoms with E-state index in [4.69, 9.17) is 5.11 Å². The van der Waals surface area contributed by atoms with Crippen molar-refractivity contribution in [3.63, 3.8) is 0 Å². The second kappa shape index (κ2) is 6.13. The smallest absolute Gasteiger partial charge is 0.255 e. The molecule has 0 spiro atoms. The van der Waals surface area contributed by atoms with Crippen molar-refractivity contribution in [3.8, 4) is 0 Å². The molecule has 0 radical (unpaired) electrons. The minimum absolute atomic E-state index is 0.252. The molecule has 0 saturated carbocycles. The highest BCUT2D eigenvalue weighted by Gasteiger charge is 2.13. The summed E-state index contributed by atoms with van der Waals surface area (Å²) in [6.07, 6.45) is -1.01. The lowest BCUT2D eigenvalue weighted by Gasteiger charge is -2.14. The molecule has 2 aromatic carbocycles. The van der Waals surface area contributed by atoms with Crippen LogP contribution < -0.4 is 5.32 Å². The van der Waals surface area contributed by atoms with Crippen LogP contribution in [-0.4, -0.2) is 22.7 Å². The maximum absolute atomic E-state index is 12.0. The summed E-state index contributed by atoms with van der Waals surface area (Å²) in [4.78, 5) is 12.0. The zero-order valence-corrected chi connectivity index (χ0v) is 10.3. The third-order valence-electron chi connectivity index (χ3n) is 2.78. The highest BCUT2D eigenvalue weighted by molar-refractivity contribution is 6.04. The van der Waals surface area contributed by atoms with Gasteiger partial charge in [-0.2, -0.15) is 0 Å². The average Bonchev–Trinajstić information content (AvgIpc) is 2.48. The SMILES string of the molecule is O=C(Nc1ccccc1[C@H](O)CO)c1ccccc1. The number of benzene rings is 2. The van der Waals surface area contributed by atoms with E-state index in [1.807, 2.05) is 6.07 Å². The van der Waals surface area contributed by atoms with Crippen LogP contribution in [-0.2, 0) is 0 Å². The second-order valence-electron chi connectivity index (χ2n) is 4.11. The molecule has 1 atom stereocenters. The van der Waals surface area contributed by atoms with E-state index in [1.54, 1.807) is 48.5 Å². The van der Waals surface area contributed by atoms with Gasteiger partial charge >= 0.3 is 0 Å². The Labute approximate surface area is 111 Å². The van der Waals surface area contributed by atoms with E-state index < -0.39 is 12.7 Å². The van der Waals surface area contributed by atoms with Gasteiger partial charge in [0.1, 0.15) is 6.10 Å². The fourth-order valence-electron chi connectivity index (χ4n) is 1.78. The van der Waals surface area contributed by atoms with Crippen LogP contribution in [0.1, 0.15) is 22.0 Å². The standard InChI is InChI=1S/C15H15NO3/c17-10-14(18)12-8-4-5-9-13(12)16-15(19)11-6-2-1-3-7-11/h1-9,14,17-18H,10H2,(H,16,19)/t14-/m1/s1. The third-order valence-corrected chi connectivity index (χ3v) is 2.78. The molecule has 0 heterocycles. The van der Waals surface area contributed by atoms with Gasteiger partial charge in [0.25, 0.3) is 5.91 Å². The first-order valence-corrected chi connectivity index (χ1v) is 5.96. The molecule has 2 rings (SSSR count). The van der Waals surface area contributed by atoms with Crippen LogP contribution in [0.3, 0.4) is 0 Å². The molecule has 3 N–H and O–H groups in total. The maximum atomic E-state index is 12.0. The Morgan fingerprint density at radius 2 is 1.68 bits per heavy atom. The van der Waals surface area contributed by atoms with Gasteiger partial charge in [-0.15, -0.1) is 0 Å².